The van der Waals surface area contributed by atoms with Crippen molar-refractivity contribution in [3.63, 3.8) is 0 Å². The fourth-order valence-corrected chi connectivity index (χ4v) is 0. The molecule has 2 N–H and O–H groups in total. The Kier molecular flexibility index (Phi) is 44.2. The second-order valence-corrected chi connectivity index (χ2v) is 0.447. The summed E-state index contributed by atoms with van der Waals surface area (Å²) in [5.74, 6) is 0. The molecule has 0 saturated carbocycles. The summed E-state index contributed by atoms with van der Waals surface area (Å²) in [5.41, 5.74) is 0. The Morgan fingerprint density at radius 1 is 1.00 bits per heavy atom. The average molecular weight is 146 g/mol. The summed E-state index contributed by atoms with van der Waals surface area (Å²) >= 11 is 0. The van der Waals surface area contributed by atoms with Crippen LogP contribution in [0.15, 0.2) is 0 Å². The quantitative estimate of drug-likeness (QED) is 0.485. The van der Waals surface area contributed by atoms with Gasteiger partial charge in [-0.05, 0) is 0 Å². The number of rotatable bonds is 1. The summed E-state index contributed by atoms with van der Waals surface area (Å²) in [5, 5.41) is 15.2. The molecule has 2 nitrogen and oxygen atoms in total. The number of aliphatic hydroxyl groups excluding tert-OH is 2. The van der Waals surface area contributed by atoms with E-state index >= 15 is 0 Å². The van der Waals surface area contributed by atoms with Crippen LogP contribution in [0.1, 0.15) is 0 Å². The van der Waals surface area contributed by atoms with Gasteiger partial charge in [-0.2, -0.15) is 0 Å². The molecule has 6 heavy (non-hydrogen) atoms. The zero-order chi connectivity index (χ0) is 3.41. The summed E-state index contributed by atoms with van der Waals surface area (Å²) in [6.07, 6.45) is 0. The van der Waals surface area contributed by atoms with E-state index in [9.17, 15) is 0 Å². The van der Waals surface area contributed by atoms with Crippen LogP contribution in [0.3, 0.4) is 0 Å². The van der Waals surface area contributed by atoms with Crippen LogP contribution in [-0.4, -0.2) is 23.4 Å². The van der Waals surface area contributed by atoms with Crippen LogP contribution in [0, 0.1) is 0 Å². The van der Waals surface area contributed by atoms with Crippen molar-refractivity contribution in [3.05, 3.63) is 0 Å². The molecule has 0 aromatic heterocycles. The van der Waals surface area contributed by atoms with Gasteiger partial charge in [0, 0.05) is 21.7 Å². The predicted molar refractivity (Wildman–Crippen MR) is 21.4 cm³/mol. The van der Waals surface area contributed by atoms with E-state index in [0.29, 0.717) is 0 Å². The number of halogens is 1. The average Bonchev–Trinajstić information content (AvgIpc) is 1.37. The first-order chi connectivity index (χ1) is 1.91. The minimum Gasteiger partial charge on any atom is -0.394 e. The topological polar surface area (TPSA) is 40.5 Å². The minimum atomic E-state index is -0.125. The Morgan fingerprint density at radius 3 is 1.17 bits per heavy atom. The third kappa shape index (κ3) is 20.5. The van der Waals surface area contributed by atoms with Gasteiger partial charge in [-0.25, -0.2) is 0 Å². The van der Waals surface area contributed by atoms with Crippen molar-refractivity contribution in [1.29, 1.82) is 0 Å². The molecule has 0 aromatic rings. The molecule has 0 atom stereocenters. The molecule has 0 unspecified atom stereocenters. The first-order valence-corrected chi connectivity index (χ1v) is 1.13. The van der Waals surface area contributed by atoms with Gasteiger partial charge in [-0.3, -0.25) is 0 Å². The molecule has 0 aliphatic heterocycles. The third-order valence-electron chi connectivity index (χ3n) is 0.1000. The van der Waals surface area contributed by atoms with E-state index in [2.05, 4.69) is 0 Å². The molecule has 0 heterocycles. The smallest absolute Gasteiger partial charge is 0.0662 e. The fraction of sp³-hybridized carbons (Fsp3) is 1.00. The molecule has 0 aliphatic rings. The maximum atomic E-state index is 7.62. The molecule has 38 valence electrons. The summed E-state index contributed by atoms with van der Waals surface area (Å²) in [7, 11) is 0. The van der Waals surface area contributed by atoms with Crippen LogP contribution in [0.25, 0.3) is 0 Å². The van der Waals surface area contributed by atoms with E-state index in [1.54, 1.807) is 0 Å². The second-order valence-electron chi connectivity index (χ2n) is 0.447. The van der Waals surface area contributed by atoms with Crippen LogP contribution < -0.4 is 0 Å². The van der Waals surface area contributed by atoms with Gasteiger partial charge >= 0.3 is 0 Å². The van der Waals surface area contributed by atoms with E-state index in [-0.39, 0.29) is 47.3 Å². The molecule has 0 bridgehead atoms. The maximum absolute atomic E-state index is 7.62. The molecule has 0 rings (SSSR count). The largest absolute Gasteiger partial charge is 0.394 e. The van der Waals surface area contributed by atoms with Gasteiger partial charge in [0.25, 0.3) is 0 Å². The van der Waals surface area contributed by atoms with Crippen molar-refractivity contribution in [2.75, 3.05) is 13.2 Å². The van der Waals surface area contributed by atoms with Crippen LogP contribution in [0.2, 0.25) is 0 Å². The minimum absolute atomic E-state index is 0. The van der Waals surface area contributed by atoms with Crippen molar-refractivity contribution >= 4 is 12.4 Å². The van der Waals surface area contributed by atoms with Gasteiger partial charge in [0.15, 0.2) is 0 Å². The van der Waals surface area contributed by atoms with Crippen molar-refractivity contribution in [2.45, 2.75) is 0 Å². The molecule has 0 amide bonds. The Bertz CT molecular complexity index is 13.5. The summed E-state index contributed by atoms with van der Waals surface area (Å²) in [6.45, 7) is -0.250. The molecule has 4 heteroatoms. The van der Waals surface area contributed by atoms with Crippen molar-refractivity contribution in [3.8, 4) is 0 Å². The molecular formula is C2H7ClO2Ti. The molecule has 0 aliphatic carbocycles. The maximum Gasteiger partial charge on any atom is 0.0662 e. The molecular weight excluding hydrogens is 139 g/mol. The van der Waals surface area contributed by atoms with E-state index < -0.39 is 0 Å². The standard InChI is InChI=1S/C2H6O2.ClH.Ti/c3-1-2-4;;/h3-4H,1-2H2;1H;. The van der Waals surface area contributed by atoms with Gasteiger partial charge in [-0.1, -0.05) is 0 Å². The summed E-state index contributed by atoms with van der Waals surface area (Å²) < 4.78 is 0. The molecule has 0 saturated heterocycles. The monoisotopic (exact) mass is 146 g/mol. The van der Waals surface area contributed by atoms with Crippen LogP contribution in [0.4, 0.5) is 0 Å². The zero-order valence-corrected chi connectivity index (χ0v) is 5.59. The summed E-state index contributed by atoms with van der Waals surface area (Å²) in [6, 6.07) is 0. The fourth-order valence-electron chi connectivity index (χ4n) is 0. The van der Waals surface area contributed by atoms with Crippen molar-refractivity contribution in [1.82, 2.24) is 0 Å². The van der Waals surface area contributed by atoms with Gasteiger partial charge in [0.1, 0.15) is 0 Å². The third-order valence-corrected chi connectivity index (χ3v) is 0.1000. The SMILES string of the molecule is Cl.OCCO.[Ti]. The van der Waals surface area contributed by atoms with E-state index in [4.69, 9.17) is 10.2 Å². The van der Waals surface area contributed by atoms with E-state index in [0.717, 1.165) is 0 Å². The van der Waals surface area contributed by atoms with Crippen LogP contribution in [-0.2, 0) is 21.7 Å². The van der Waals surface area contributed by atoms with E-state index in [1.807, 2.05) is 0 Å². The van der Waals surface area contributed by atoms with Crippen LogP contribution >= 0.6 is 12.4 Å². The number of aliphatic hydroxyl groups is 2. The van der Waals surface area contributed by atoms with Gasteiger partial charge in [-0.15, -0.1) is 12.4 Å². The van der Waals surface area contributed by atoms with Gasteiger partial charge in [0.2, 0.25) is 0 Å². The Balaban J connectivity index is -0.0000000450. The second kappa shape index (κ2) is 16.8. The first-order valence-electron chi connectivity index (χ1n) is 1.13. The number of hydrogen-bond donors (Lipinski definition) is 2. The van der Waals surface area contributed by atoms with Crippen LogP contribution in [0.5, 0.6) is 0 Å². The van der Waals surface area contributed by atoms with Crippen molar-refractivity contribution in [2.24, 2.45) is 0 Å². The predicted octanol–water partition coefficient (Wildman–Crippen LogP) is -0.610. The van der Waals surface area contributed by atoms with Gasteiger partial charge in [0.05, 0.1) is 13.2 Å². The first kappa shape index (κ1) is 15.8. The Morgan fingerprint density at radius 2 is 1.17 bits per heavy atom. The summed E-state index contributed by atoms with van der Waals surface area (Å²) in [4.78, 5) is 0. The Hall–Kier alpha value is 0.924. The van der Waals surface area contributed by atoms with E-state index in [1.165, 1.54) is 0 Å². The molecule has 0 radical (unpaired) electrons. The molecule has 0 fully saturated rings. The normalized spacial score (nSPS) is 5.00. The molecule has 0 spiro atoms. The van der Waals surface area contributed by atoms with Gasteiger partial charge < -0.3 is 10.2 Å². The Labute approximate surface area is 57.9 Å². The molecule has 0 aromatic carbocycles. The van der Waals surface area contributed by atoms with Crippen molar-refractivity contribution < 1.29 is 31.9 Å². The zero-order valence-electron chi connectivity index (χ0n) is 3.22. The number of hydrogen-bond acceptors (Lipinski definition) is 2.